The van der Waals surface area contributed by atoms with Gasteiger partial charge in [0.15, 0.2) is 0 Å². The summed E-state index contributed by atoms with van der Waals surface area (Å²) in [6.45, 7) is 2.56. The lowest BCUT2D eigenvalue weighted by Crippen LogP contribution is -2.27. The molecule has 7 nitrogen and oxygen atoms in total. The smallest absolute Gasteiger partial charge is 0.251 e. The van der Waals surface area contributed by atoms with Gasteiger partial charge in [-0.15, -0.1) is 0 Å². The molecule has 0 saturated carbocycles. The maximum Gasteiger partial charge on any atom is 0.251 e. The van der Waals surface area contributed by atoms with Crippen molar-refractivity contribution in [2.45, 2.75) is 19.5 Å². The molecule has 1 amide bonds. The number of hydrogen-bond donors (Lipinski definition) is 2. The third-order valence-electron chi connectivity index (χ3n) is 6.29. The van der Waals surface area contributed by atoms with Crippen LogP contribution in [0.5, 0.6) is 0 Å². The Morgan fingerprint density at radius 2 is 1.72 bits per heavy atom. The van der Waals surface area contributed by atoms with Crippen LogP contribution in [0.15, 0.2) is 97.3 Å². The van der Waals surface area contributed by atoms with E-state index in [-0.39, 0.29) is 11.9 Å². The summed E-state index contributed by atoms with van der Waals surface area (Å²) >= 11 is 0. The normalized spacial score (nSPS) is 12.1. The van der Waals surface area contributed by atoms with Gasteiger partial charge in [0.2, 0.25) is 0 Å². The third-order valence-corrected chi connectivity index (χ3v) is 6.29. The summed E-state index contributed by atoms with van der Waals surface area (Å²) in [7, 11) is 0. The Morgan fingerprint density at radius 1 is 0.944 bits per heavy atom. The maximum absolute atomic E-state index is 13.2. The Hall–Kier alpha value is -4.78. The molecule has 0 aliphatic carbocycles. The Balaban J connectivity index is 1.35. The van der Waals surface area contributed by atoms with Crippen molar-refractivity contribution in [1.82, 2.24) is 29.8 Å². The Bertz CT molecular complexity index is 1640. The highest BCUT2D eigenvalue weighted by molar-refractivity contribution is 5.98. The molecule has 6 aromatic rings. The zero-order chi connectivity index (χ0) is 24.5. The van der Waals surface area contributed by atoms with Gasteiger partial charge < -0.3 is 14.9 Å². The predicted molar refractivity (Wildman–Crippen MR) is 140 cm³/mol. The standard InChI is InChI=1S/C29H24N6O/c1-19(27-32-23-14-15-30-17-25(23)33-27)31-29(36)22-12-13-24-26(16-22)35(18-20-8-4-2-5-9-20)28(34-24)21-10-6-3-7-11-21/h2-17,19H,18H2,1H3,(H,31,36)(H,32,33). The molecule has 3 aromatic carbocycles. The van der Waals surface area contributed by atoms with Crippen LogP contribution in [0.4, 0.5) is 0 Å². The zero-order valence-corrected chi connectivity index (χ0v) is 19.7. The minimum absolute atomic E-state index is 0.170. The van der Waals surface area contributed by atoms with Crippen LogP contribution in [0.2, 0.25) is 0 Å². The number of imidazole rings is 2. The molecule has 0 bridgehead atoms. The van der Waals surface area contributed by atoms with E-state index in [1.54, 1.807) is 12.4 Å². The molecule has 0 aliphatic rings. The van der Waals surface area contributed by atoms with Crippen LogP contribution in [0, 0.1) is 0 Å². The first kappa shape index (κ1) is 21.7. The van der Waals surface area contributed by atoms with Gasteiger partial charge in [-0.2, -0.15) is 0 Å². The van der Waals surface area contributed by atoms with E-state index in [1.807, 2.05) is 67.6 Å². The Kier molecular flexibility index (Phi) is 5.50. The fourth-order valence-corrected chi connectivity index (χ4v) is 4.43. The molecule has 3 heterocycles. The van der Waals surface area contributed by atoms with Gasteiger partial charge >= 0.3 is 0 Å². The first-order valence-corrected chi connectivity index (χ1v) is 11.9. The molecule has 0 spiro atoms. The van der Waals surface area contributed by atoms with Crippen molar-refractivity contribution in [2.75, 3.05) is 0 Å². The number of nitrogens with zero attached hydrogens (tertiary/aromatic N) is 4. The van der Waals surface area contributed by atoms with Crippen molar-refractivity contribution in [3.8, 4) is 11.4 Å². The lowest BCUT2D eigenvalue weighted by molar-refractivity contribution is 0.0938. The predicted octanol–water partition coefficient (Wildman–Crippen LogP) is 5.51. The first-order valence-electron chi connectivity index (χ1n) is 11.9. The van der Waals surface area contributed by atoms with Crippen LogP contribution in [0.3, 0.4) is 0 Å². The number of H-pyrrole nitrogens is 1. The summed E-state index contributed by atoms with van der Waals surface area (Å²) in [4.78, 5) is 30.1. The molecular weight excluding hydrogens is 448 g/mol. The summed E-state index contributed by atoms with van der Waals surface area (Å²) in [6.07, 6.45) is 3.43. The average molecular weight is 473 g/mol. The SMILES string of the molecule is CC(NC(=O)c1ccc2nc(-c3ccccc3)n(Cc3ccccc3)c2c1)c1nc2ccncc2[nH]1. The van der Waals surface area contributed by atoms with Crippen LogP contribution in [-0.2, 0) is 6.54 Å². The minimum Gasteiger partial charge on any atom is -0.342 e. The molecule has 0 aliphatic heterocycles. The lowest BCUT2D eigenvalue weighted by Gasteiger charge is -2.13. The fourth-order valence-electron chi connectivity index (χ4n) is 4.43. The van der Waals surface area contributed by atoms with Crippen LogP contribution >= 0.6 is 0 Å². The highest BCUT2D eigenvalue weighted by Crippen LogP contribution is 2.27. The molecule has 2 N–H and O–H groups in total. The summed E-state index contributed by atoms with van der Waals surface area (Å²) in [5.74, 6) is 1.39. The summed E-state index contributed by atoms with van der Waals surface area (Å²) in [5.41, 5.74) is 6.18. The number of aromatic amines is 1. The third kappa shape index (κ3) is 4.11. The summed E-state index contributed by atoms with van der Waals surface area (Å²) in [5, 5.41) is 3.06. The molecule has 3 aromatic heterocycles. The highest BCUT2D eigenvalue weighted by Gasteiger charge is 2.18. The molecule has 176 valence electrons. The second-order valence-corrected chi connectivity index (χ2v) is 8.79. The molecule has 0 saturated heterocycles. The van der Waals surface area contributed by atoms with E-state index in [0.717, 1.165) is 39.0 Å². The van der Waals surface area contributed by atoms with E-state index in [1.165, 1.54) is 0 Å². The Labute approximate surface area is 207 Å². The topological polar surface area (TPSA) is 88.5 Å². The second-order valence-electron chi connectivity index (χ2n) is 8.79. The number of aromatic nitrogens is 5. The molecule has 6 rings (SSSR count). The van der Waals surface area contributed by atoms with Crippen molar-refractivity contribution in [3.05, 3.63) is 114 Å². The first-order chi connectivity index (χ1) is 17.7. The van der Waals surface area contributed by atoms with Crippen molar-refractivity contribution >= 4 is 28.0 Å². The number of carbonyl (C=O) groups excluding carboxylic acids is 1. The summed E-state index contributed by atoms with van der Waals surface area (Å²) in [6, 6.07) is 27.6. The molecule has 7 heteroatoms. The summed E-state index contributed by atoms with van der Waals surface area (Å²) < 4.78 is 2.17. The zero-order valence-electron chi connectivity index (χ0n) is 19.7. The van der Waals surface area contributed by atoms with E-state index in [0.29, 0.717) is 17.9 Å². The van der Waals surface area contributed by atoms with E-state index in [4.69, 9.17) is 4.98 Å². The lowest BCUT2D eigenvalue weighted by atomic mass is 10.1. The molecule has 0 radical (unpaired) electrons. The quantitative estimate of drug-likeness (QED) is 0.334. The van der Waals surface area contributed by atoms with Gasteiger partial charge in [-0.3, -0.25) is 9.78 Å². The number of pyridine rings is 1. The monoisotopic (exact) mass is 472 g/mol. The van der Waals surface area contributed by atoms with Crippen LogP contribution < -0.4 is 5.32 Å². The van der Waals surface area contributed by atoms with Crippen molar-refractivity contribution in [3.63, 3.8) is 0 Å². The number of amides is 1. The number of benzene rings is 3. The average Bonchev–Trinajstić information content (AvgIpc) is 3.51. The van der Waals surface area contributed by atoms with Crippen LogP contribution in [-0.4, -0.2) is 30.4 Å². The van der Waals surface area contributed by atoms with Gasteiger partial charge in [0.25, 0.3) is 5.91 Å². The Morgan fingerprint density at radius 3 is 2.50 bits per heavy atom. The number of rotatable bonds is 6. The van der Waals surface area contributed by atoms with E-state index in [9.17, 15) is 4.79 Å². The molecule has 1 unspecified atom stereocenters. The highest BCUT2D eigenvalue weighted by atomic mass is 16.1. The van der Waals surface area contributed by atoms with Gasteiger partial charge in [0.1, 0.15) is 11.6 Å². The minimum atomic E-state index is -0.297. The maximum atomic E-state index is 13.2. The van der Waals surface area contributed by atoms with Gasteiger partial charge in [0, 0.05) is 23.9 Å². The number of fused-ring (bicyclic) bond motifs is 2. The van der Waals surface area contributed by atoms with E-state index >= 15 is 0 Å². The second kappa shape index (κ2) is 9.11. The van der Waals surface area contributed by atoms with Crippen molar-refractivity contribution in [1.29, 1.82) is 0 Å². The fraction of sp³-hybridized carbons (Fsp3) is 0.103. The van der Waals surface area contributed by atoms with Gasteiger partial charge in [-0.1, -0.05) is 60.7 Å². The molecular formula is C29H24N6O. The number of carbonyl (C=O) groups is 1. The van der Waals surface area contributed by atoms with Gasteiger partial charge in [0.05, 0.1) is 34.3 Å². The van der Waals surface area contributed by atoms with Gasteiger partial charge in [-0.25, -0.2) is 9.97 Å². The largest absolute Gasteiger partial charge is 0.342 e. The van der Waals surface area contributed by atoms with Gasteiger partial charge in [-0.05, 0) is 36.8 Å². The van der Waals surface area contributed by atoms with Crippen molar-refractivity contribution < 1.29 is 4.79 Å². The molecule has 0 fully saturated rings. The molecule has 36 heavy (non-hydrogen) atoms. The number of hydrogen-bond acceptors (Lipinski definition) is 4. The van der Waals surface area contributed by atoms with Crippen molar-refractivity contribution in [2.24, 2.45) is 0 Å². The molecule has 1 atom stereocenters. The van der Waals surface area contributed by atoms with Crippen LogP contribution in [0.1, 0.15) is 34.7 Å². The number of nitrogens with one attached hydrogen (secondary N) is 2. The van der Waals surface area contributed by atoms with Crippen LogP contribution in [0.25, 0.3) is 33.5 Å². The van der Waals surface area contributed by atoms with E-state index in [2.05, 4.69) is 49.1 Å². The van der Waals surface area contributed by atoms with E-state index < -0.39 is 0 Å².